The Morgan fingerprint density at radius 1 is 0.943 bits per heavy atom. The number of carbonyl (C=O) groups is 2. The minimum Gasteiger partial charge on any atom is -0.370 e. The Morgan fingerprint density at radius 3 is 2.29 bits per heavy atom. The molecule has 3 aromatic rings. The average Bonchev–Trinajstić information content (AvgIpc) is 2.83. The van der Waals surface area contributed by atoms with E-state index in [1.54, 1.807) is 12.1 Å². The lowest BCUT2D eigenvalue weighted by Crippen LogP contribution is -2.46. The highest BCUT2D eigenvalue weighted by Crippen LogP contribution is 2.29. The maximum absolute atomic E-state index is 12.9. The smallest absolute Gasteiger partial charge is 0.370 e. The number of halogens is 3. The van der Waals surface area contributed by atoms with E-state index in [0.29, 0.717) is 17.5 Å². The second-order valence-corrected chi connectivity index (χ2v) is 7.95. The zero-order valence-corrected chi connectivity index (χ0v) is 18.8. The van der Waals surface area contributed by atoms with Crippen molar-refractivity contribution >= 4 is 28.5 Å². The highest BCUT2D eigenvalue weighted by atomic mass is 19.4. The highest BCUT2D eigenvalue weighted by Gasteiger charge is 2.30. The molecule has 3 aromatic carbocycles. The van der Waals surface area contributed by atoms with Crippen LogP contribution in [0.15, 0.2) is 71.7 Å². The van der Waals surface area contributed by atoms with Gasteiger partial charge in [0.25, 0.3) is 5.91 Å². The molecule has 0 fully saturated rings. The molecular formula is C25H26F3N5O2. The monoisotopic (exact) mass is 485 g/mol. The second kappa shape index (κ2) is 11.4. The van der Waals surface area contributed by atoms with Gasteiger partial charge in [-0.15, -0.1) is 0 Å². The van der Waals surface area contributed by atoms with Gasteiger partial charge in [0.1, 0.15) is 6.04 Å². The molecule has 0 radical (unpaired) electrons. The molecule has 0 heterocycles. The fourth-order valence-electron chi connectivity index (χ4n) is 3.47. The topological polar surface area (TPSA) is 123 Å². The van der Waals surface area contributed by atoms with E-state index >= 15 is 0 Å². The molecule has 2 amide bonds. The van der Waals surface area contributed by atoms with Gasteiger partial charge in [0, 0.05) is 18.7 Å². The van der Waals surface area contributed by atoms with Gasteiger partial charge in [-0.25, -0.2) is 0 Å². The molecular weight excluding hydrogens is 459 g/mol. The first-order valence-corrected chi connectivity index (χ1v) is 10.9. The largest absolute Gasteiger partial charge is 0.416 e. The van der Waals surface area contributed by atoms with Crippen molar-refractivity contribution in [2.24, 2.45) is 16.5 Å². The van der Waals surface area contributed by atoms with Crippen LogP contribution in [-0.4, -0.2) is 30.4 Å². The van der Waals surface area contributed by atoms with Crippen LogP contribution in [0.3, 0.4) is 0 Å². The van der Waals surface area contributed by atoms with Crippen LogP contribution in [0.4, 0.5) is 13.2 Å². The summed E-state index contributed by atoms with van der Waals surface area (Å²) in [7, 11) is 0. The summed E-state index contributed by atoms with van der Waals surface area (Å²) >= 11 is 0. The summed E-state index contributed by atoms with van der Waals surface area (Å²) in [6, 6.07) is 16.4. The average molecular weight is 486 g/mol. The van der Waals surface area contributed by atoms with E-state index in [4.69, 9.17) is 11.5 Å². The van der Waals surface area contributed by atoms with Crippen LogP contribution in [0.25, 0.3) is 10.8 Å². The highest BCUT2D eigenvalue weighted by molar-refractivity contribution is 6.00. The summed E-state index contributed by atoms with van der Waals surface area (Å²) in [5.41, 5.74) is 10.8. The van der Waals surface area contributed by atoms with E-state index in [1.807, 2.05) is 30.3 Å². The van der Waals surface area contributed by atoms with Crippen molar-refractivity contribution in [2.45, 2.75) is 31.6 Å². The number of nitrogens with zero attached hydrogens (tertiary/aromatic N) is 1. The van der Waals surface area contributed by atoms with Crippen LogP contribution in [0.2, 0.25) is 0 Å². The number of aliphatic imine (C=N–C) groups is 1. The summed E-state index contributed by atoms with van der Waals surface area (Å²) in [6.07, 6.45) is -3.75. The molecule has 0 aliphatic rings. The van der Waals surface area contributed by atoms with Gasteiger partial charge in [-0.2, -0.15) is 13.2 Å². The van der Waals surface area contributed by atoms with E-state index in [2.05, 4.69) is 15.6 Å². The van der Waals surface area contributed by atoms with E-state index in [0.717, 1.165) is 22.9 Å². The van der Waals surface area contributed by atoms with Crippen LogP contribution in [-0.2, 0) is 17.5 Å². The molecule has 0 saturated carbocycles. The maximum Gasteiger partial charge on any atom is 0.416 e. The lowest BCUT2D eigenvalue weighted by molar-refractivity contribution is -0.137. The van der Waals surface area contributed by atoms with Crippen LogP contribution >= 0.6 is 0 Å². The van der Waals surface area contributed by atoms with Gasteiger partial charge in [-0.3, -0.25) is 14.6 Å². The molecule has 0 unspecified atom stereocenters. The number of alkyl halides is 3. The molecule has 0 bridgehead atoms. The number of nitrogens with one attached hydrogen (secondary N) is 2. The minimum absolute atomic E-state index is 0.00716. The van der Waals surface area contributed by atoms with Gasteiger partial charge < -0.3 is 22.1 Å². The van der Waals surface area contributed by atoms with E-state index in [-0.39, 0.29) is 25.5 Å². The molecule has 1 atom stereocenters. The zero-order chi connectivity index (χ0) is 25.4. The molecule has 184 valence electrons. The normalized spacial score (nSPS) is 12.1. The predicted molar refractivity (Wildman–Crippen MR) is 128 cm³/mol. The summed E-state index contributed by atoms with van der Waals surface area (Å²) in [5.74, 6) is -0.968. The van der Waals surface area contributed by atoms with Crippen molar-refractivity contribution in [1.29, 1.82) is 0 Å². The lowest BCUT2D eigenvalue weighted by atomic mass is 10.1. The number of carbonyl (C=O) groups excluding carboxylic acids is 2. The van der Waals surface area contributed by atoms with Gasteiger partial charge in [-0.05, 0) is 53.4 Å². The third-order valence-electron chi connectivity index (χ3n) is 5.33. The van der Waals surface area contributed by atoms with Gasteiger partial charge in [-0.1, -0.05) is 42.5 Å². The summed E-state index contributed by atoms with van der Waals surface area (Å²) in [4.78, 5) is 29.6. The molecule has 0 spiro atoms. The van der Waals surface area contributed by atoms with Gasteiger partial charge in [0.15, 0.2) is 5.96 Å². The third kappa shape index (κ3) is 7.46. The minimum atomic E-state index is -4.44. The Bertz CT molecular complexity index is 1210. The maximum atomic E-state index is 12.9. The molecule has 10 heteroatoms. The quantitative estimate of drug-likeness (QED) is 0.211. The van der Waals surface area contributed by atoms with E-state index in [9.17, 15) is 22.8 Å². The standard InChI is InChI=1S/C25H26F3N5O2/c26-25(27,28)20-11-7-16(8-12-20)15-32-23(35)21(6-3-13-31-24(29)30)33-22(34)19-10-9-17-4-1-2-5-18(17)14-19/h1-2,4-5,7-12,14,21H,3,6,13,15H2,(H,32,35)(H,33,34)(H4,29,30,31)/t21-/m1/s1. The molecule has 6 N–H and O–H groups in total. The number of hydrogen-bond acceptors (Lipinski definition) is 3. The molecule has 3 rings (SSSR count). The number of fused-ring (bicyclic) bond motifs is 1. The number of amides is 2. The van der Waals surface area contributed by atoms with Crippen molar-refractivity contribution in [3.8, 4) is 0 Å². The van der Waals surface area contributed by atoms with Crippen molar-refractivity contribution < 1.29 is 22.8 Å². The second-order valence-electron chi connectivity index (χ2n) is 7.95. The Morgan fingerprint density at radius 2 is 1.63 bits per heavy atom. The lowest BCUT2D eigenvalue weighted by Gasteiger charge is -2.19. The first-order valence-electron chi connectivity index (χ1n) is 10.9. The van der Waals surface area contributed by atoms with Crippen molar-refractivity contribution in [2.75, 3.05) is 6.54 Å². The number of rotatable bonds is 9. The molecule has 7 nitrogen and oxygen atoms in total. The SMILES string of the molecule is NC(N)=NCCC[C@@H](NC(=O)c1ccc2ccccc2c1)C(=O)NCc1ccc(C(F)(F)F)cc1. The number of guanidine groups is 1. The fourth-order valence-corrected chi connectivity index (χ4v) is 3.47. The predicted octanol–water partition coefficient (Wildman–Crippen LogP) is 3.33. The summed E-state index contributed by atoms with van der Waals surface area (Å²) in [5, 5.41) is 7.28. The number of nitrogens with two attached hydrogens (primary N) is 2. The Kier molecular flexibility index (Phi) is 8.30. The van der Waals surface area contributed by atoms with Crippen LogP contribution < -0.4 is 22.1 Å². The molecule has 0 aliphatic heterocycles. The zero-order valence-electron chi connectivity index (χ0n) is 18.8. The van der Waals surface area contributed by atoms with Crippen molar-refractivity contribution in [3.63, 3.8) is 0 Å². The molecule has 35 heavy (non-hydrogen) atoms. The van der Waals surface area contributed by atoms with E-state index < -0.39 is 29.6 Å². The number of benzene rings is 3. The van der Waals surface area contributed by atoms with Gasteiger partial charge in [0.05, 0.1) is 5.56 Å². The Labute approximate surface area is 200 Å². The first kappa shape index (κ1) is 25.5. The van der Waals surface area contributed by atoms with Crippen LogP contribution in [0.1, 0.15) is 34.3 Å². The van der Waals surface area contributed by atoms with Gasteiger partial charge >= 0.3 is 6.18 Å². The summed E-state index contributed by atoms with van der Waals surface area (Å²) < 4.78 is 38.2. The molecule has 0 aliphatic carbocycles. The van der Waals surface area contributed by atoms with Crippen LogP contribution in [0.5, 0.6) is 0 Å². The van der Waals surface area contributed by atoms with Gasteiger partial charge in [0.2, 0.25) is 5.91 Å². The Balaban J connectivity index is 1.68. The number of hydrogen-bond donors (Lipinski definition) is 4. The van der Waals surface area contributed by atoms with Crippen LogP contribution in [0, 0.1) is 0 Å². The van der Waals surface area contributed by atoms with Crippen molar-refractivity contribution in [1.82, 2.24) is 10.6 Å². The first-order chi connectivity index (χ1) is 16.6. The third-order valence-corrected chi connectivity index (χ3v) is 5.33. The summed E-state index contributed by atoms with van der Waals surface area (Å²) in [6.45, 7) is 0.282. The Hall–Kier alpha value is -4.08. The molecule has 0 aromatic heterocycles. The molecule has 0 saturated heterocycles. The van der Waals surface area contributed by atoms with E-state index in [1.165, 1.54) is 12.1 Å². The van der Waals surface area contributed by atoms with Crippen molar-refractivity contribution in [3.05, 3.63) is 83.4 Å². The fraction of sp³-hybridized carbons (Fsp3) is 0.240.